The van der Waals surface area contributed by atoms with Crippen LogP contribution in [0.3, 0.4) is 0 Å². The second kappa shape index (κ2) is 6.91. The highest BCUT2D eigenvalue weighted by molar-refractivity contribution is 5.77. The first-order chi connectivity index (χ1) is 8.13. The van der Waals surface area contributed by atoms with E-state index in [0.717, 1.165) is 5.75 Å². The molecule has 0 aromatic heterocycles. The van der Waals surface area contributed by atoms with Crippen LogP contribution in [0.15, 0.2) is 18.2 Å². The van der Waals surface area contributed by atoms with E-state index in [1.807, 2.05) is 25.1 Å². The molecule has 0 aliphatic carbocycles. The molecule has 0 radical (unpaired) electrons. The van der Waals surface area contributed by atoms with Gasteiger partial charge in [-0.2, -0.15) is 0 Å². The van der Waals surface area contributed by atoms with Crippen molar-refractivity contribution in [3.63, 3.8) is 0 Å². The van der Waals surface area contributed by atoms with Crippen LogP contribution in [0.5, 0.6) is 5.75 Å². The maximum absolute atomic E-state index is 11.1. The van der Waals surface area contributed by atoms with Crippen molar-refractivity contribution < 1.29 is 14.3 Å². The summed E-state index contributed by atoms with van der Waals surface area (Å²) in [5.41, 5.74) is 2.44. The number of benzene rings is 1. The Bertz CT molecular complexity index is 377. The summed E-state index contributed by atoms with van der Waals surface area (Å²) in [6, 6.07) is 5.94. The SMILES string of the molecule is COCC(=O)NCCOc1ccc(C)c(C)c1. The fourth-order valence-electron chi connectivity index (χ4n) is 1.35. The highest BCUT2D eigenvalue weighted by atomic mass is 16.5. The average molecular weight is 237 g/mol. The third-order valence-electron chi connectivity index (χ3n) is 2.45. The van der Waals surface area contributed by atoms with Crippen LogP contribution in [0.2, 0.25) is 0 Å². The molecule has 0 fully saturated rings. The molecule has 1 aromatic rings. The topological polar surface area (TPSA) is 47.6 Å². The zero-order chi connectivity index (χ0) is 12.7. The number of amides is 1. The molecule has 1 aromatic carbocycles. The van der Waals surface area contributed by atoms with Gasteiger partial charge in [0.2, 0.25) is 5.91 Å². The number of carbonyl (C=O) groups is 1. The summed E-state index contributed by atoms with van der Waals surface area (Å²) >= 11 is 0. The molecular weight excluding hydrogens is 218 g/mol. The Balaban J connectivity index is 2.26. The number of hydrogen-bond donors (Lipinski definition) is 1. The second-order valence-corrected chi connectivity index (χ2v) is 3.88. The third-order valence-corrected chi connectivity index (χ3v) is 2.45. The van der Waals surface area contributed by atoms with Crippen LogP contribution in [-0.2, 0) is 9.53 Å². The highest BCUT2D eigenvalue weighted by Crippen LogP contribution is 2.15. The Morgan fingerprint density at radius 1 is 1.29 bits per heavy atom. The Morgan fingerprint density at radius 2 is 2.06 bits per heavy atom. The largest absolute Gasteiger partial charge is 0.492 e. The van der Waals surface area contributed by atoms with Crippen molar-refractivity contribution in [3.05, 3.63) is 29.3 Å². The number of carbonyl (C=O) groups excluding carboxylic acids is 1. The first kappa shape index (κ1) is 13.5. The summed E-state index contributed by atoms with van der Waals surface area (Å²) in [6.07, 6.45) is 0. The van der Waals surface area contributed by atoms with Crippen molar-refractivity contribution in [2.75, 3.05) is 26.9 Å². The van der Waals surface area contributed by atoms with Crippen molar-refractivity contribution >= 4 is 5.91 Å². The molecule has 17 heavy (non-hydrogen) atoms. The fourth-order valence-corrected chi connectivity index (χ4v) is 1.35. The molecule has 1 rings (SSSR count). The Hall–Kier alpha value is -1.55. The van der Waals surface area contributed by atoms with E-state index in [9.17, 15) is 4.79 Å². The van der Waals surface area contributed by atoms with Gasteiger partial charge in [0.05, 0.1) is 6.54 Å². The van der Waals surface area contributed by atoms with E-state index >= 15 is 0 Å². The van der Waals surface area contributed by atoms with Crippen LogP contribution in [0.1, 0.15) is 11.1 Å². The Morgan fingerprint density at radius 3 is 2.71 bits per heavy atom. The van der Waals surface area contributed by atoms with Crippen LogP contribution in [0.4, 0.5) is 0 Å². The lowest BCUT2D eigenvalue weighted by Gasteiger charge is -2.09. The minimum atomic E-state index is -0.129. The lowest BCUT2D eigenvalue weighted by molar-refractivity contribution is -0.124. The summed E-state index contributed by atoms with van der Waals surface area (Å²) in [6.45, 7) is 5.13. The van der Waals surface area contributed by atoms with Gasteiger partial charge in [0.1, 0.15) is 19.0 Å². The van der Waals surface area contributed by atoms with Gasteiger partial charge >= 0.3 is 0 Å². The van der Waals surface area contributed by atoms with Gasteiger partial charge in [-0.25, -0.2) is 0 Å². The maximum Gasteiger partial charge on any atom is 0.246 e. The quantitative estimate of drug-likeness (QED) is 0.762. The van der Waals surface area contributed by atoms with Crippen LogP contribution < -0.4 is 10.1 Å². The number of hydrogen-bond acceptors (Lipinski definition) is 3. The van der Waals surface area contributed by atoms with Gasteiger partial charge in [-0.1, -0.05) is 6.07 Å². The number of rotatable bonds is 6. The van der Waals surface area contributed by atoms with E-state index in [0.29, 0.717) is 13.2 Å². The summed E-state index contributed by atoms with van der Waals surface area (Å²) < 4.78 is 10.2. The predicted octanol–water partition coefficient (Wildman–Crippen LogP) is 1.44. The molecule has 94 valence electrons. The van der Waals surface area contributed by atoms with Gasteiger partial charge in [0, 0.05) is 7.11 Å². The number of aryl methyl sites for hydroxylation is 2. The van der Waals surface area contributed by atoms with Gasteiger partial charge in [0.25, 0.3) is 0 Å². The van der Waals surface area contributed by atoms with Gasteiger partial charge < -0.3 is 14.8 Å². The molecule has 0 saturated carbocycles. The minimum absolute atomic E-state index is 0.0869. The molecule has 0 aliphatic heterocycles. The van der Waals surface area contributed by atoms with Crippen molar-refractivity contribution in [2.24, 2.45) is 0 Å². The summed E-state index contributed by atoms with van der Waals surface area (Å²) in [5.74, 6) is 0.699. The highest BCUT2D eigenvalue weighted by Gasteiger charge is 2.00. The van der Waals surface area contributed by atoms with Crippen molar-refractivity contribution in [3.8, 4) is 5.75 Å². The number of ether oxygens (including phenoxy) is 2. The van der Waals surface area contributed by atoms with E-state index in [2.05, 4.69) is 12.2 Å². The molecule has 0 saturated heterocycles. The zero-order valence-electron chi connectivity index (χ0n) is 10.6. The van der Waals surface area contributed by atoms with Crippen LogP contribution in [0, 0.1) is 13.8 Å². The zero-order valence-corrected chi connectivity index (χ0v) is 10.6. The van der Waals surface area contributed by atoms with E-state index < -0.39 is 0 Å². The number of nitrogens with one attached hydrogen (secondary N) is 1. The lowest BCUT2D eigenvalue weighted by Crippen LogP contribution is -2.30. The molecule has 1 N–H and O–H groups in total. The van der Waals surface area contributed by atoms with Crippen LogP contribution in [0.25, 0.3) is 0 Å². The minimum Gasteiger partial charge on any atom is -0.492 e. The first-order valence-electron chi connectivity index (χ1n) is 5.59. The van der Waals surface area contributed by atoms with Gasteiger partial charge in [-0.05, 0) is 37.1 Å². The molecule has 0 bridgehead atoms. The first-order valence-corrected chi connectivity index (χ1v) is 5.59. The molecule has 0 heterocycles. The molecular formula is C13H19NO3. The molecule has 0 unspecified atom stereocenters. The third kappa shape index (κ3) is 4.87. The van der Waals surface area contributed by atoms with Gasteiger partial charge in [0.15, 0.2) is 0 Å². The van der Waals surface area contributed by atoms with E-state index in [1.54, 1.807) is 0 Å². The van der Waals surface area contributed by atoms with E-state index in [-0.39, 0.29) is 12.5 Å². The summed E-state index contributed by atoms with van der Waals surface area (Å²) in [7, 11) is 1.49. The monoisotopic (exact) mass is 237 g/mol. The van der Waals surface area contributed by atoms with Crippen molar-refractivity contribution in [1.82, 2.24) is 5.32 Å². The Labute approximate surface area is 102 Å². The van der Waals surface area contributed by atoms with Crippen LogP contribution in [-0.4, -0.2) is 32.8 Å². The molecule has 4 heteroatoms. The van der Waals surface area contributed by atoms with E-state index in [4.69, 9.17) is 9.47 Å². The normalized spacial score (nSPS) is 10.1. The van der Waals surface area contributed by atoms with Gasteiger partial charge in [-0.15, -0.1) is 0 Å². The molecule has 0 atom stereocenters. The molecule has 0 aliphatic rings. The van der Waals surface area contributed by atoms with Gasteiger partial charge in [-0.3, -0.25) is 4.79 Å². The van der Waals surface area contributed by atoms with E-state index in [1.165, 1.54) is 18.2 Å². The average Bonchev–Trinajstić information content (AvgIpc) is 2.29. The summed E-state index contributed by atoms with van der Waals surface area (Å²) in [4.78, 5) is 11.1. The summed E-state index contributed by atoms with van der Waals surface area (Å²) in [5, 5.41) is 2.69. The van der Waals surface area contributed by atoms with Crippen LogP contribution >= 0.6 is 0 Å². The van der Waals surface area contributed by atoms with Crippen molar-refractivity contribution in [2.45, 2.75) is 13.8 Å². The molecule has 0 spiro atoms. The lowest BCUT2D eigenvalue weighted by atomic mass is 10.1. The Kier molecular flexibility index (Phi) is 5.49. The fraction of sp³-hybridized carbons (Fsp3) is 0.462. The number of methoxy groups -OCH3 is 1. The van der Waals surface area contributed by atoms with Crippen molar-refractivity contribution in [1.29, 1.82) is 0 Å². The molecule has 4 nitrogen and oxygen atoms in total. The predicted molar refractivity (Wildman–Crippen MR) is 66.3 cm³/mol. The maximum atomic E-state index is 11.1. The standard InChI is InChI=1S/C13H19NO3/c1-10-4-5-12(8-11(10)2)17-7-6-14-13(15)9-16-3/h4-5,8H,6-7,9H2,1-3H3,(H,14,15). The smallest absolute Gasteiger partial charge is 0.246 e. The molecule has 1 amide bonds. The second-order valence-electron chi connectivity index (χ2n) is 3.88.